The molecule has 0 aliphatic heterocycles. The van der Waals surface area contributed by atoms with Crippen LogP contribution in [0.1, 0.15) is 10.5 Å². The molecule has 0 fully saturated rings. The number of aromatic nitrogens is 2. The average Bonchev–Trinajstić information content (AvgIpc) is 2.80. The molecule has 0 amide bonds. The Bertz CT molecular complexity index is 641. The van der Waals surface area contributed by atoms with Crippen LogP contribution in [0.5, 0.6) is 11.5 Å². The Balaban J connectivity index is 2.60. The third-order valence-electron chi connectivity index (χ3n) is 2.25. The van der Waals surface area contributed by atoms with Crippen molar-refractivity contribution in [3.63, 3.8) is 0 Å². The number of aromatic carboxylic acids is 1. The number of phenolic OH excluding ortho intramolecular Hbond substituents is 2. The number of carboxylic acid groups (broad SMARTS) is 1. The first-order chi connectivity index (χ1) is 8.41. The Morgan fingerprint density at radius 2 is 2.00 bits per heavy atom. The molecule has 2 rings (SSSR count). The Morgan fingerprint density at radius 3 is 2.56 bits per heavy atom. The van der Waals surface area contributed by atoms with Crippen molar-refractivity contribution in [2.24, 2.45) is 0 Å². The molecule has 0 aliphatic rings. The molecule has 0 spiro atoms. The van der Waals surface area contributed by atoms with Crippen molar-refractivity contribution in [2.45, 2.75) is 0 Å². The van der Waals surface area contributed by atoms with Crippen LogP contribution < -0.4 is 0 Å². The van der Waals surface area contributed by atoms with Gasteiger partial charge < -0.3 is 15.3 Å². The molecule has 0 atom stereocenters. The summed E-state index contributed by atoms with van der Waals surface area (Å²) in [6.45, 7) is 0. The minimum Gasteiger partial charge on any atom is -0.504 e. The molecule has 2 aromatic rings. The van der Waals surface area contributed by atoms with Gasteiger partial charge >= 0.3 is 5.97 Å². The van der Waals surface area contributed by atoms with Crippen LogP contribution in [0.25, 0.3) is 11.3 Å². The molecule has 0 aliphatic carbocycles. The fraction of sp³-hybridized carbons (Fsp3) is 0. The summed E-state index contributed by atoms with van der Waals surface area (Å²) in [5.41, 5.74) is -0.116. The van der Waals surface area contributed by atoms with Crippen molar-refractivity contribution in [1.29, 1.82) is 0 Å². The van der Waals surface area contributed by atoms with Gasteiger partial charge in [0, 0.05) is 5.56 Å². The average molecular weight is 317 g/mol. The van der Waals surface area contributed by atoms with E-state index in [1.807, 2.05) is 0 Å². The minimum atomic E-state index is -1.22. The van der Waals surface area contributed by atoms with Gasteiger partial charge in [0.25, 0.3) is 0 Å². The molecule has 0 saturated heterocycles. The first-order valence-corrected chi connectivity index (χ1v) is 5.40. The highest BCUT2D eigenvalue weighted by Gasteiger charge is 2.19. The van der Waals surface area contributed by atoms with Gasteiger partial charge in [-0.1, -0.05) is 0 Å². The van der Waals surface area contributed by atoms with E-state index in [1.54, 1.807) is 0 Å². The van der Waals surface area contributed by atoms with E-state index in [0.29, 0.717) is 0 Å². The number of halogens is 2. The van der Waals surface area contributed by atoms with E-state index in [4.69, 9.17) is 5.11 Å². The monoisotopic (exact) mass is 316 g/mol. The van der Waals surface area contributed by atoms with Crippen molar-refractivity contribution in [3.8, 4) is 22.8 Å². The van der Waals surface area contributed by atoms with Crippen molar-refractivity contribution in [1.82, 2.24) is 10.2 Å². The van der Waals surface area contributed by atoms with Crippen LogP contribution >= 0.6 is 15.9 Å². The maximum atomic E-state index is 13.2. The highest BCUT2D eigenvalue weighted by molar-refractivity contribution is 9.10. The van der Waals surface area contributed by atoms with Crippen LogP contribution in [0.3, 0.4) is 0 Å². The number of carboxylic acids is 1. The summed E-state index contributed by atoms with van der Waals surface area (Å²) in [4.78, 5) is 10.7. The topological polar surface area (TPSA) is 106 Å². The number of hydrogen-bond donors (Lipinski definition) is 4. The number of rotatable bonds is 2. The standard InChI is InChI=1S/C10H6BrFN2O4/c11-4-1-3(8(15)9(16)7(4)12)5-2-6(10(17)18)14-13-5/h1-2,15-16H,(H,13,14)(H,17,18). The van der Waals surface area contributed by atoms with E-state index in [0.717, 1.165) is 6.07 Å². The largest absolute Gasteiger partial charge is 0.504 e. The Labute approximate surface area is 108 Å². The van der Waals surface area contributed by atoms with Crippen LogP contribution in [0.4, 0.5) is 4.39 Å². The number of nitrogens with zero attached hydrogens (tertiary/aromatic N) is 1. The summed E-state index contributed by atoms with van der Waals surface area (Å²) in [6, 6.07) is 2.34. The second kappa shape index (κ2) is 4.30. The molecule has 0 unspecified atom stereocenters. The summed E-state index contributed by atoms with van der Waals surface area (Å²) < 4.78 is 13.2. The summed E-state index contributed by atoms with van der Waals surface area (Å²) in [5.74, 6) is -3.87. The van der Waals surface area contributed by atoms with Gasteiger partial charge in [-0.05, 0) is 28.1 Å². The molecule has 8 heteroatoms. The lowest BCUT2D eigenvalue weighted by atomic mass is 10.1. The Morgan fingerprint density at radius 1 is 1.33 bits per heavy atom. The Kier molecular flexibility index (Phi) is 2.95. The quantitative estimate of drug-likeness (QED) is 0.635. The smallest absolute Gasteiger partial charge is 0.353 e. The lowest BCUT2D eigenvalue weighted by Gasteiger charge is -2.06. The van der Waals surface area contributed by atoms with E-state index >= 15 is 0 Å². The SMILES string of the molecule is O=C(O)c1cc(-c2cc(Br)c(F)c(O)c2O)n[nH]1. The van der Waals surface area contributed by atoms with Crippen molar-refractivity contribution in [2.75, 3.05) is 0 Å². The minimum absolute atomic E-state index is 0.00419. The number of benzene rings is 1. The highest BCUT2D eigenvalue weighted by Crippen LogP contribution is 2.41. The molecule has 18 heavy (non-hydrogen) atoms. The molecule has 1 aromatic heterocycles. The highest BCUT2D eigenvalue weighted by atomic mass is 79.9. The number of H-pyrrole nitrogens is 1. The van der Waals surface area contributed by atoms with Crippen LogP contribution in [-0.4, -0.2) is 31.5 Å². The first kappa shape index (κ1) is 12.4. The fourth-order valence-corrected chi connectivity index (χ4v) is 1.78. The molecule has 1 heterocycles. The van der Waals surface area contributed by atoms with Gasteiger partial charge in [-0.25, -0.2) is 9.18 Å². The zero-order valence-electron chi connectivity index (χ0n) is 8.61. The van der Waals surface area contributed by atoms with Crippen molar-refractivity contribution >= 4 is 21.9 Å². The maximum Gasteiger partial charge on any atom is 0.353 e. The van der Waals surface area contributed by atoms with Crippen LogP contribution in [0, 0.1) is 5.82 Å². The van der Waals surface area contributed by atoms with E-state index in [2.05, 4.69) is 26.1 Å². The van der Waals surface area contributed by atoms with Gasteiger partial charge in [0.15, 0.2) is 17.3 Å². The molecule has 0 radical (unpaired) electrons. The summed E-state index contributed by atoms with van der Waals surface area (Å²) in [7, 11) is 0. The zero-order valence-corrected chi connectivity index (χ0v) is 10.2. The second-order valence-electron chi connectivity index (χ2n) is 3.39. The number of nitrogens with one attached hydrogen (secondary N) is 1. The van der Waals surface area contributed by atoms with E-state index < -0.39 is 23.3 Å². The molecule has 0 bridgehead atoms. The van der Waals surface area contributed by atoms with E-state index in [9.17, 15) is 19.4 Å². The Hall–Kier alpha value is -2.09. The second-order valence-corrected chi connectivity index (χ2v) is 4.24. The molecule has 0 saturated carbocycles. The zero-order chi connectivity index (χ0) is 13.4. The summed E-state index contributed by atoms with van der Waals surface area (Å²) >= 11 is 2.86. The van der Waals surface area contributed by atoms with Crippen LogP contribution in [-0.2, 0) is 0 Å². The molecular formula is C10H6BrFN2O4. The summed E-state index contributed by atoms with van der Waals surface area (Å²) in [5, 5.41) is 33.5. The maximum absolute atomic E-state index is 13.2. The van der Waals surface area contributed by atoms with Gasteiger partial charge in [-0.15, -0.1) is 0 Å². The third kappa shape index (κ3) is 1.90. The number of carbonyl (C=O) groups is 1. The van der Waals surface area contributed by atoms with Gasteiger partial charge in [0.2, 0.25) is 0 Å². The predicted octanol–water partition coefficient (Wildman–Crippen LogP) is 2.09. The number of phenols is 2. The molecule has 4 N–H and O–H groups in total. The predicted molar refractivity (Wildman–Crippen MR) is 62.0 cm³/mol. The molecular weight excluding hydrogens is 311 g/mol. The van der Waals surface area contributed by atoms with Crippen LogP contribution in [0.15, 0.2) is 16.6 Å². The number of hydrogen-bond acceptors (Lipinski definition) is 4. The number of aromatic hydroxyl groups is 2. The van der Waals surface area contributed by atoms with Crippen molar-refractivity contribution in [3.05, 3.63) is 28.1 Å². The van der Waals surface area contributed by atoms with E-state index in [-0.39, 0.29) is 21.4 Å². The van der Waals surface area contributed by atoms with Gasteiger partial charge in [0.1, 0.15) is 5.69 Å². The van der Waals surface area contributed by atoms with Gasteiger partial charge in [-0.3, -0.25) is 5.10 Å². The van der Waals surface area contributed by atoms with Crippen LogP contribution in [0.2, 0.25) is 0 Å². The normalized spacial score (nSPS) is 10.6. The lowest BCUT2D eigenvalue weighted by molar-refractivity contribution is 0.0690. The van der Waals surface area contributed by atoms with Gasteiger partial charge in [-0.2, -0.15) is 5.10 Å². The number of aromatic amines is 1. The van der Waals surface area contributed by atoms with E-state index in [1.165, 1.54) is 6.07 Å². The summed E-state index contributed by atoms with van der Waals surface area (Å²) in [6.07, 6.45) is 0. The molecule has 1 aromatic carbocycles. The van der Waals surface area contributed by atoms with Crippen molar-refractivity contribution < 1.29 is 24.5 Å². The van der Waals surface area contributed by atoms with Gasteiger partial charge in [0.05, 0.1) is 10.2 Å². The molecule has 94 valence electrons. The fourth-order valence-electron chi connectivity index (χ4n) is 1.37. The lowest BCUT2D eigenvalue weighted by Crippen LogP contribution is -1.95. The first-order valence-electron chi connectivity index (χ1n) is 4.60. The molecule has 6 nitrogen and oxygen atoms in total. The third-order valence-corrected chi connectivity index (χ3v) is 2.83.